The van der Waals surface area contributed by atoms with E-state index in [4.69, 9.17) is 4.74 Å². The molecule has 3 aromatic rings. The number of benzene rings is 2. The fourth-order valence-corrected chi connectivity index (χ4v) is 4.80. The minimum Gasteiger partial charge on any atom is -0.390 e. The highest BCUT2D eigenvalue weighted by atomic mass is 32.1. The third kappa shape index (κ3) is 4.43. The first kappa shape index (κ1) is 20.2. The summed E-state index contributed by atoms with van der Waals surface area (Å²) in [4.78, 5) is 2.33. The molecule has 0 radical (unpaired) electrons. The fraction of sp³-hybridized carbons (Fsp3) is 0.333. The van der Waals surface area contributed by atoms with Crippen molar-refractivity contribution in [3.8, 4) is 10.4 Å². The van der Waals surface area contributed by atoms with E-state index in [2.05, 4.69) is 31.2 Å². The highest BCUT2D eigenvalue weighted by Gasteiger charge is 2.34. The van der Waals surface area contributed by atoms with Gasteiger partial charge in [0.25, 0.3) is 0 Å². The average Bonchev–Trinajstić information content (AvgIpc) is 3.16. The number of thiophene rings is 1. The lowest BCUT2D eigenvalue weighted by atomic mass is 9.91. The Bertz CT molecular complexity index is 982. The Kier molecular flexibility index (Phi) is 5.83. The molecule has 0 spiro atoms. The molecule has 2 aromatic carbocycles. The van der Waals surface area contributed by atoms with Gasteiger partial charge in [0.1, 0.15) is 11.9 Å². The predicted octanol–water partition coefficient (Wildman–Crippen LogP) is 5.03. The molecule has 0 saturated carbocycles. The van der Waals surface area contributed by atoms with Gasteiger partial charge in [-0.05, 0) is 60.4 Å². The van der Waals surface area contributed by atoms with Crippen LogP contribution in [0.3, 0.4) is 0 Å². The number of aliphatic hydroxyl groups excluding tert-OH is 2. The summed E-state index contributed by atoms with van der Waals surface area (Å²) in [5, 5.41) is 20.3. The van der Waals surface area contributed by atoms with Crippen LogP contribution in [0.25, 0.3) is 10.4 Å². The number of rotatable bonds is 4. The van der Waals surface area contributed by atoms with E-state index in [0.29, 0.717) is 6.42 Å². The molecule has 1 saturated heterocycles. The third-order valence-electron chi connectivity index (χ3n) is 5.59. The zero-order valence-corrected chi connectivity index (χ0v) is 17.3. The third-order valence-corrected chi connectivity index (χ3v) is 6.73. The summed E-state index contributed by atoms with van der Waals surface area (Å²) >= 11 is 1.70. The van der Waals surface area contributed by atoms with Gasteiger partial charge in [0.05, 0.1) is 18.3 Å². The largest absolute Gasteiger partial charge is 0.390 e. The van der Waals surface area contributed by atoms with E-state index in [-0.39, 0.29) is 11.9 Å². The van der Waals surface area contributed by atoms with Crippen molar-refractivity contribution in [1.29, 1.82) is 0 Å². The molecule has 2 heterocycles. The summed E-state index contributed by atoms with van der Waals surface area (Å²) in [6, 6.07) is 16.9. The van der Waals surface area contributed by atoms with Gasteiger partial charge in [0.2, 0.25) is 0 Å². The molecule has 0 bridgehead atoms. The molecule has 29 heavy (non-hydrogen) atoms. The van der Waals surface area contributed by atoms with Gasteiger partial charge >= 0.3 is 0 Å². The van der Waals surface area contributed by atoms with Gasteiger partial charge < -0.3 is 14.9 Å². The molecular weight excluding hydrogens is 387 g/mol. The maximum atomic E-state index is 13.2. The molecule has 5 heteroatoms. The van der Waals surface area contributed by atoms with Crippen molar-refractivity contribution in [2.75, 3.05) is 0 Å². The van der Waals surface area contributed by atoms with E-state index in [1.54, 1.807) is 23.5 Å². The average molecular weight is 413 g/mol. The fourth-order valence-electron chi connectivity index (χ4n) is 3.76. The molecule has 0 aliphatic carbocycles. The van der Waals surface area contributed by atoms with E-state index >= 15 is 0 Å². The quantitative estimate of drug-likeness (QED) is 0.632. The summed E-state index contributed by atoms with van der Waals surface area (Å²) in [6.45, 7) is 3.92. The highest BCUT2D eigenvalue weighted by Crippen LogP contribution is 2.34. The number of hydrogen-bond acceptors (Lipinski definition) is 4. The summed E-state index contributed by atoms with van der Waals surface area (Å²) < 4.78 is 19.1. The zero-order chi connectivity index (χ0) is 20.5. The lowest BCUT2D eigenvalue weighted by molar-refractivity contribution is -0.164. The molecule has 2 N–H and O–H groups in total. The predicted molar refractivity (Wildman–Crippen MR) is 114 cm³/mol. The van der Waals surface area contributed by atoms with Crippen LogP contribution in [0.2, 0.25) is 0 Å². The van der Waals surface area contributed by atoms with E-state index in [0.717, 1.165) is 22.4 Å². The lowest BCUT2D eigenvalue weighted by Crippen LogP contribution is -2.41. The van der Waals surface area contributed by atoms with Gasteiger partial charge in [-0.25, -0.2) is 4.39 Å². The number of hydrogen-bond donors (Lipinski definition) is 2. The smallest absolute Gasteiger partial charge is 0.123 e. The Morgan fingerprint density at radius 1 is 1.03 bits per heavy atom. The second-order valence-corrected chi connectivity index (χ2v) is 8.94. The summed E-state index contributed by atoms with van der Waals surface area (Å²) in [5.41, 5.74) is 4.32. The van der Waals surface area contributed by atoms with E-state index in [1.807, 2.05) is 13.0 Å². The second kappa shape index (κ2) is 8.36. The molecule has 152 valence electrons. The molecule has 0 unspecified atom stereocenters. The Morgan fingerprint density at radius 2 is 1.79 bits per heavy atom. The van der Waals surface area contributed by atoms with Crippen LogP contribution < -0.4 is 0 Å². The van der Waals surface area contributed by atoms with Crippen LogP contribution in [0.15, 0.2) is 54.6 Å². The molecular formula is C24H25FO3S. The van der Waals surface area contributed by atoms with Crippen molar-refractivity contribution in [2.45, 2.75) is 51.1 Å². The molecule has 4 atom stereocenters. The first-order chi connectivity index (χ1) is 13.9. The van der Waals surface area contributed by atoms with Crippen molar-refractivity contribution in [3.63, 3.8) is 0 Å². The number of aryl methyl sites for hydroxylation is 1. The van der Waals surface area contributed by atoms with Crippen LogP contribution >= 0.6 is 11.3 Å². The van der Waals surface area contributed by atoms with E-state index in [9.17, 15) is 14.6 Å². The number of aliphatic hydroxyl groups is 2. The minimum absolute atomic E-state index is 0.230. The van der Waals surface area contributed by atoms with Gasteiger partial charge in [0.15, 0.2) is 0 Å². The Hall–Kier alpha value is -2.05. The van der Waals surface area contributed by atoms with Gasteiger partial charge in [-0.2, -0.15) is 0 Å². The lowest BCUT2D eigenvalue weighted by Gasteiger charge is -2.36. The molecule has 1 aliphatic heterocycles. The van der Waals surface area contributed by atoms with E-state index in [1.165, 1.54) is 28.1 Å². The Balaban J connectivity index is 1.55. The van der Waals surface area contributed by atoms with E-state index < -0.39 is 18.3 Å². The van der Waals surface area contributed by atoms with Crippen LogP contribution in [0.4, 0.5) is 4.39 Å². The number of ether oxygens (including phenoxy) is 1. The van der Waals surface area contributed by atoms with Crippen LogP contribution in [0.1, 0.15) is 41.0 Å². The topological polar surface area (TPSA) is 49.7 Å². The van der Waals surface area contributed by atoms with Gasteiger partial charge in [0, 0.05) is 22.6 Å². The molecule has 4 rings (SSSR count). The van der Waals surface area contributed by atoms with Crippen molar-refractivity contribution < 1.29 is 19.3 Å². The summed E-state index contributed by atoms with van der Waals surface area (Å²) in [5.74, 6) is -0.230. The van der Waals surface area contributed by atoms with Gasteiger partial charge in [-0.1, -0.05) is 30.3 Å². The molecule has 1 aliphatic rings. The summed E-state index contributed by atoms with van der Waals surface area (Å²) in [7, 11) is 0. The Morgan fingerprint density at radius 3 is 2.55 bits per heavy atom. The van der Waals surface area contributed by atoms with Crippen LogP contribution in [-0.2, 0) is 11.2 Å². The van der Waals surface area contributed by atoms with Crippen LogP contribution in [0, 0.1) is 12.7 Å². The van der Waals surface area contributed by atoms with Crippen molar-refractivity contribution in [3.05, 3.63) is 82.0 Å². The monoisotopic (exact) mass is 412 g/mol. The maximum Gasteiger partial charge on any atom is 0.123 e. The summed E-state index contributed by atoms with van der Waals surface area (Å²) in [6.07, 6.45) is -0.978. The second-order valence-electron chi connectivity index (χ2n) is 7.77. The first-order valence-corrected chi connectivity index (χ1v) is 10.7. The van der Waals surface area contributed by atoms with Crippen LogP contribution in [-0.4, -0.2) is 28.5 Å². The van der Waals surface area contributed by atoms with Gasteiger partial charge in [-0.3, -0.25) is 0 Å². The highest BCUT2D eigenvalue weighted by molar-refractivity contribution is 7.15. The van der Waals surface area contributed by atoms with Crippen molar-refractivity contribution in [1.82, 2.24) is 0 Å². The molecule has 3 nitrogen and oxygen atoms in total. The normalized spacial score (nSPS) is 24.6. The molecule has 1 fully saturated rings. The zero-order valence-electron chi connectivity index (χ0n) is 16.5. The first-order valence-electron chi connectivity index (χ1n) is 9.86. The Labute approximate surface area is 174 Å². The number of halogens is 1. The van der Waals surface area contributed by atoms with Gasteiger partial charge in [-0.15, -0.1) is 11.3 Å². The van der Waals surface area contributed by atoms with Crippen molar-refractivity contribution in [2.24, 2.45) is 0 Å². The SMILES string of the molecule is Cc1ccc([C@@H]2O[C@H](C)[C@@H](O)C[C@H]2O)cc1Cc1ccc(-c2ccc(F)cc2)s1. The maximum absolute atomic E-state index is 13.2. The van der Waals surface area contributed by atoms with Crippen LogP contribution in [0.5, 0.6) is 0 Å². The molecule has 0 amide bonds. The molecule has 1 aromatic heterocycles. The standard InChI is InChI=1S/C24H25FO3S/c1-14-3-4-17(24-22(27)13-21(26)15(2)28-24)11-18(14)12-20-9-10-23(29-20)16-5-7-19(25)8-6-16/h3-11,15,21-22,24,26-27H,12-13H2,1-2H3/t15-,21+,22-,24+/m1/s1. The minimum atomic E-state index is -0.719. The van der Waals surface area contributed by atoms with Crippen molar-refractivity contribution >= 4 is 11.3 Å².